The third kappa shape index (κ3) is 8.85. The minimum absolute atomic E-state index is 0.189. The van der Waals surface area contributed by atoms with Gasteiger partial charge >= 0.3 is 0 Å². The number of rotatable bonds is 13. The van der Waals surface area contributed by atoms with Gasteiger partial charge in [0.25, 0.3) is 16.0 Å². The Morgan fingerprint density at radius 3 is 1.89 bits per heavy atom. The summed E-state index contributed by atoms with van der Waals surface area (Å²) in [5.74, 6) is -2.35. The molecule has 0 bridgehead atoms. The van der Waals surface area contributed by atoms with Gasteiger partial charge < -0.3 is 10.6 Å². The molecule has 0 spiro atoms. The SMILES string of the molecule is O=[C]CCCCNC(=O)[C@H](CS(=O)(=O)O)NC(=O)c1ccc([S+](c2ccccc2)c2ccccc2)cc1. The Morgan fingerprint density at radius 1 is 0.838 bits per heavy atom. The summed E-state index contributed by atoms with van der Waals surface area (Å²) in [7, 11) is -4.95. The zero-order chi connectivity index (χ0) is 26.7. The van der Waals surface area contributed by atoms with E-state index in [1.807, 2.05) is 72.8 Å². The average Bonchev–Trinajstić information content (AvgIpc) is 2.89. The van der Waals surface area contributed by atoms with E-state index >= 15 is 0 Å². The lowest BCUT2D eigenvalue weighted by Gasteiger charge is -2.17. The van der Waals surface area contributed by atoms with Crippen molar-refractivity contribution in [1.29, 1.82) is 0 Å². The van der Waals surface area contributed by atoms with Crippen LogP contribution in [0.25, 0.3) is 0 Å². The monoisotopic (exact) mass is 540 g/mol. The molecule has 3 N–H and O–H groups in total. The lowest BCUT2D eigenvalue weighted by atomic mass is 10.2. The number of carbonyl (C=O) groups is 2. The number of unbranched alkanes of at least 4 members (excludes halogenated alkanes) is 2. The van der Waals surface area contributed by atoms with Crippen molar-refractivity contribution in [2.24, 2.45) is 0 Å². The van der Waals surface area contributed by atoms with E-state index in [0.717, 1.165) is 14.7 Å². The van der Waals surface area contributed by atoms with Crippen LogP contribution in [0.5, 0.6) is 0 Å². The van der Waals surface area contributed by atoms with Crippen molar-refractivity contribution >= 4 is 39.1 Å². The third-order valence-corrected chi connectivity index (χ3v) is 8.30. The van der Waals surface area contributed by atoms with Crippen LogP contribution in [0.4, 0.5) is 0 Å². The molecule has 0 aliphatic carbocycles. The Balaban J connectivity index is 1.76. The van der Waals surface area contributed by atoms with Gasteiger partial charge in [-0.25, -0.2) is 0 Å². The fourth-order valence-electron chi connectivity index (χ4n) is 3.56. The molecule has 1 radical (unpaired) electrons. The van der Waals surface area contributed by atoms with Crippen molar-refractivity contribution in [3.63, 3.8) is 0 Å². The second kappa shape index (κ2) is 13.7. The zero-order valence-electron chi connectivity index (χ0n) is 20.0. The largest absolute Gasteiger partial charge is 0.354 e. The molecule has 3 aromatic rings. The predicted molar refractivity (Wildman–Crippen MR) is 142 cm³/mol. The molecule has 3 rings (SSSR count). The molecule has 3 aromatic carbocycles. The molecule has 0 aliphatic rings. The lowest BCUT2D eigenvalue weighted by molar-refractivity contribution is -0.122. The second-order valence-corrected chi connectivity index (χ2v) is 11.6. The molecule has 10 heteroatoms. The highest BCUT2D eigenvalue weighted by Crippen LogP contribution is 2.31. The molecule has 37 heavy (non-hydrogen) atoms. The molecular formula is C27H28N2O6S2+. The summed E-state index contributed by atoms with van der Waals surface area (Å²) in [6, 6.07) is 25.4. The van der Waals surface area contributed by atoms with Crippen LogP contribution >= 0.6 is 0 Å². The summed E-state index contributed by atoms with van der Waals surface area (Å²) in [5.41, 5.74) is 0.239. The Morgan fingerprint density at radius 2 is 1.38 bits per heavy atom. The van der Waals surface area contributed by atoms with Gasteiger partial charge in [0, 0.05) is 18.5 Å². The van der Waals surface area contributed by atoms with Crippen molar-refractivity contribution in [1.82, 2.24) is 10.6 Å². The number of benzene rings is 3. The smallest absolute Gasteiger partial charge is 0.267 e. The quantitative estimate of drug-likeness (QED) is 0.174. The van der Waals surface area contributed by atoms with E-state index in [1.54, 1.807) is 18.4 Å². The van der Waals surface area contributed by atoms with E-state index in [9.17, 15) is 27.4 Å². The fourth-order valence-corrected chi connectivity index (χ4v) is 6.30. The van der Waals surface area contributed by atoms with Gasteiger partial charge in [-0.3, -0.25) is 18.9 Å². The summed E-state index contributed by atoms with van der Waals surface area (Å²) in [6.45, 7) is 0.189. The molecule has 0 unspecified atom stereocenters. The maximum Gasteiger partial charge on any atom is 0.267 e. The maximum absolute atomic E-state index is 12.9. The van der Waals surface area contributed by atoms with Gasteiger partial charge in [0.1, 0.15) is 11.8 Å². The molecule has 0 fully saturated rings. The van der Waals surface area contributed by atoms with Gasteiger partial charge in [0.15, 0.2) is 21.0 Å². The van der Waals surface area contributed by atoms with Gasteiger partial charge in [0.05, 0.1) is 10.9 Å². The Bertz CT molecular complexity index is 1240. The molecule has 0 saturated heterocycles. The highest BCUT2D eigenvalue weighted by atomic mass is 32.2. The van der Waals surface area contributed by atoms with Gasteiger partial charge in [-0.1, -0.05) is 36.4 Å². The minimum atomic E-state index is -4.54. The number of hydrogen-bond acceptors (Lipinski definition) is 5. The Labute approximate surface area is 219 Å². The molecule has 0 saturated carbocycles. The number of hydrogen-bond donors (Lipinski definition) is 3. The van der Waals surface area contributed by atoms with Crippen molar-refractivity contribution in [2.45, 2.75) is 40.0 Å². The number of carbonyl (C=O) groups excluding carboxylic acids is 3. The molecule has 1 atom stereocenters. The van der Waals surface area contributed by atoms with Crippen molar-refractivity contribution in [2.75, 3.05) is 12.3 Å². The van der Waals surface area contributed by atoms with E-state index in [4.69, 9.17) is 0 Å². The summed E-state index contributed by atoms with van der Waals surface area (Å²) in [5, 5.41) is 4.93. The maximum atomic E-state index is 12.9. The van der Waals surface area contributed by atoms with Crippen LogP contribution in [0.2, 0.25) is 0 Å². The number of nitrogens with one attached hydrogen (secondary N) is 2. The van der Waals surface area contributed by atoms with Crippen molar-refractivity contribution in [3.8, 4) is 0 Å². The minimum Gasteiger partial charge on any atom is -0.354 e. The standard InChI is InChI=1S/C27H27N2O6S2/c30-19-9-3-8-18-28-27(32)25(20-37(33,34)35)29-26(31)21-14-16-24(17-15-21)36(22-10-4-1-5-11-22)23-12-6-2-7-13-23/h1-2,4-7,10-17,25H,3,8-9,18,20H2,(H2-,28,29,31,32,33,34,35)/p+1/t25-/m0/s1. The lowest BCUT2D eigenvalue weighted by Crippen LogP contribution is -2.50. The van der Waals surface area contributed by atoms with Gasteiger partial charge in [-0.05, 0) is 61.4 Å². The highest BCUT2D eigenvalue weighted by Gasteiger charge is 2.29. The van der Waals surface area contributed by atoms with E-state index in [2.05, 4.69) is 10.6 Å². The third-order valence-electron chi connectivity index (χ3n) is 5.31. The van der Waals surface area contributed by atoms with Crippen LogP contribution in [0.1, 0.15) is 29.6 Å². The summed E-state index contributed by atoms with van der Waals surface area (Å²) in [4.78, 5) is 38.9. The fraction of sp³-hybridized carbons (Fsp3) is 0.222. The first-order chi connectivity index (χ1) is 17.8. The molecule has 8 nitrogen and oxygen atoms in total. The molecule has 2 amide bonds. The van der Waals surface area contributed by atoms with Gasteiger partial charge in [-0.15, -0.1) is 0 Å². The van der Waals surface area contributed by atoms with E-state index in [1.165, 1.54) is 0 Å². The highest BCUT2D eigenvalue weighted by molar-refractivity contribution is 7.97. The van der Waals surface area contributed by atoms with Gasteiger partial charge in [0.2, 0.25) is 5.91 Å². The average molecular weight is 541 g/mol. The van der Waals surface area contributed by atoms with Crippen molar-refractivity contribution in [3.05, 3.63) is 90.5 Å². The first-order valence-corrected chi connectivity index (χ1v) is 14.4. The van der Waals surface area contributed by atoms with E-state index in [0.29, 0.717) is 12.8 Å². The predicted octanol–water partition coefficient (Wildman–Crippen LogP) is 3.16. The zero-order valence-corrected chi connectivity index (χ0v) is 21.6. The van der Waals surface area contributed by atoms with Crippen LogP contribution in [0.15, 0.2) is 99.6 Å². The normalized spacial score (nSPS) is 12.1. The van der Waals surface area contributed by atoms with Gasteiger partial charge in [-0.2, -0.15) is 8.42 Å². The first-order valence-electron chi connectivity index (χ1n) is 11.6. The second-order valence-electron chi connectivity index (χ2n) is 8.12. The summed E-state index contributed by atoms with van der Waals surface area (Å²) < 4.78 is 32.2. The molecule has 0 aromatic heterocycles. The summed E-state index contributed by atoms with van der Waals surface area (Å²) in [6.07, 6.45) is 2.98. The van der Waals surface area contributed by atoms with E-state index < -0.39 is 44.6 Å². The van der Waals surface area contributed by atoms with Crippen LogP contribution in [0.3, 0.4) is 0 Å². The number of amides is 2. The summed E-state index contributed by atoms with van der Waals surface area (Å²) >= 11 is 0. The first kappa shape index (κ1) is 28.1. The Kier molecular flexibility index (Phi) is 10.4. The van der Waals surface area contributed by atoms with Crippen molar-refractivity contribution < 1.29 is 27.4 Å². The van der Waals surface area contributed by atoms with Crippen LogP contribution < -0.4 is 10.6 Å². The molecule has 193 valence electrons. The van der Waals surface area contributed by atoms with E-state index in [-0.39, 0.29) is 18.5 Å². The van der Waals surface area contributed by atoms with Crippen LogP contribution in [-0.2, 0) is 30.6 Å². The molecule has 0 heterocycles. The van der Waals surface area contributed by atoms with Crippen LogP contribution in [-0.4, -0.2) is 49.4 Å². The topological polar surface area (TPSA) is 130 Å². The molecular weight excluding hydrogens is 512 g/mol. The Hall–Kier alpha value is -3.47. The van der Waals surface area contributed by atoms with Crippen LogP contribution in [0, 0.1) is 0 Å². The molecule has 0 aliphatic heterocycles.